The summed E-state index contributed by atoms with van der Waals surface area (Å²) in [4.78, 5) is 30.0. The summed E-state index contributed by atoms with van der Waals surface area (Å²) in [6, 6.07) is 8.22. The number of aryl methyl sites for hydroxylation is 1. The van der Waals surface area contributed by atoms with Gasteiger partial charge in [0.15, 0.2) is 0 Å². The van der Waals surface area contributed by atoms with Gasteiger partial charge in [-0.2, -0.15) is 9.47 Å². The van der Waals surface area contributed by atoms with Gasteiger partial charge in [0.05, 0.1) is 4.70 Å². The molecule has 0 atom stereocenters. The number of carbonyl (C=O) groups excluding carboxylic acids is 1. The lowest BCUT2D eigenvalue weighted by atomic mass is 10.2. The number of fused-ring (bicyclic) bond motifs is 1. The third kappa shape index (κ3) is 3.27. The van der Waals surface area contributed by atoms with Gasteiger partial charge >= 0.3 is 5.69 Å². The van der Waals surface area contributed by atoms with E-state index < -0.39 is 0 Å². The van der Waals surface area contributed by atoms with E-state index in [2.05, 4.69) is 36.6 Å². The molecule has 8 nitrogen and oxygen atoms in total. The number of hydrogen-bond donors (Lipinski definition) is 2. The van der Waals surface area contributed by atoms with Gasteiger partial charge in [-0.05, 0) is 23.7 Å². The lowest BCUT2D eigenvalue weighted by Crippen LogP contribution is -2.49. The van der Waals surface area contributed by atoms with Crippen LogP contribution in [0.15, 0.2) is 29.1 Å². The third-order valence-corrected chi connectivity index (χ3v) is 5.23. The highest BCUT2D eigenvalue weighted by Crippen LogP contribution is 2.29. The Kier molecular flexibility index (Phi) is 4.22. The summed E-state index contributed by atoms with van der Waals surface area (Å²) >= 11 is 1.51. The van der Waals surface area contributed by atoms with Crippen LogP contribution in [0.3, 0.4) is 0 Å². The minimum atomic E-state index is -0.341. The first-order chi connectivity index (χ1) is 12.2. The van der Waals surface area contributed by atoms with Crippen LogP contribution >= 0.6 is 11.5 Å². The molecule has 1 fully saturated rings. The minimum absolute atomic E-state index is 0.0895. The number of aromatic amines is 2. The third-order valence-electron chi connectivity index (χ3n) is 4.42. The zero-order valence-corrected chi connectivity index (χ0v) is 14.4. The highest BCUT2D eigenvalue weighted by atomic mass is 32.1. The largest absolute Gasteiger partial charge is 0.352 e. The SMILES string of the molecule is O=C(CCc1n[nH]c(=O)[nH]1)N1CCN(c2nsc3ccccc23)CC1. The Hall–Kier alpha value is -2.68. The monoisotopic (exact) mass is 358 g/mol. The van der Waals surface area contributed by atoms with E-state index in [-0.39, 0.29) is 11.6 Å². The van der Waals surface area contributed by atoms with Crippen molar-refractivity contribution in [3.63, 3.8) is 0 Å². The molecule has 2 aromatic heterocycles. The molecule has 0 radical (unpaired) electrons. The number of amides is 1. The number of benzene rings is 1. The van der Waals surface area contributed by atoms with Gasteiger partial charge in [-0.3, -0.25) is 9.78 Å². The standard InChI is InChI=1S/C16H18N6O2S/c23-14(6-5-13-17-16(24)19-18-13)21-7-9-22(10-8-21)15-11-3-1-2-4-12(11)25-20-15/h1-4H,5-10H2,(H2,17,18,19,24). The van der Waals surface area contributed by atoms with E-state index in [4.69, 9.17) is 0 Å². The van der Waals surface area contributed by atoms with Gasteiger partial charge in [0.2, 0.25) is 5.91 Å². The number of anilines is 1. The average Bonchev–Trinajstić information content (AvgIpc) is 3.26. The number of nitrogens with one attached hydrogen (secondary N) is 2. The van der Waals surface area contributed by atoms with Crippen LogP contribution in [0.5, 0.6) is 0 Å². The quantitative estimate of drug-likeness (QED) is 0.725. The van der Waals surface area contributed by atoms with E-state index in [9.17, 15) is 9.59 Å². The average molecular weight is 358 g/mol. The number of aromatic nitrogens is 4. The molecule has 0 unspecified atom stereocenters. The fourth-order valence-electron chi connectivity index (χ4n) is 3.08. The number of carbonyl (C=O) groups is 1. The van der Waals surface area contributed by atoms with E-state index >= 15 is 0 Å². The lowest BCUT2D eigenvalue weighted by molar-refractivity contribution is -0.131. The van der Waals surface area contributed by atoms with Gasteiger partial charge in [0.1, 0.15) is 11.6 Å². The normalized spacial score (nSPS) is 15.0. The number of piperazine rings is 1. The Bertz CT molecular complexity index is 937. The number of nitrogens with zero attached hydrogens (tertiary/aromatic N) is 4. The van der Waals surface area contributed by atoms with E-state index in [1.807, 2.05) is 17.0 Å². The maximum Gasteiger partial charge on any atom is 0.340 e. The van der Waals surface area contributed by atoms with Crippen LogP contribution in [0.1, 0.15) is 12.2 Å². The van der Waals surface area contributed by atoms with Crippen molar-refractivity contribution in [1.29, 1.82) is 0 Å². The van der Waals surface area contributed by atoms with Crippen LogP contribution in [0.4, 0.5) is 5.82 Å². The van der Waals surface area contributed by atoms with Crippen molar-refractivity contribution in [2.45, 2.75) is 12.8 Å². The summed E-state index contributed by atoms with van der Waals surface area (Å²) in [7, 11) is 0. The summed E-state index contributed by atoms with van der Waals surface area (Å²) in [5.41, 5.74) is -0.341. The molecule has 0 aliphatic carbocycles. The molecular formula is C16H18N6O2S. The molecule has 25 heavy (non-hydrogen) atoms. The maximum atomic E-state index is 12.3. The molecule has 1 amide bonds. The summed E-state index contributed by atoms with van der Waals surface area (Å²) in [5, 5.41) is 7.31. The summed E-state index contributed by atoms with van der Waals surface area (Å²) < 4.78 is 5.77. The van der Waals surface area contributed by atoms with Crippen molar-refractivity contribution in [2.75, 3.05) is 31.1 Å². The number of H-pyrrole nitrogens is 2. The molecule has 2 N–H and O–H groups in total. The van der Waals surface area contributed by atoms with Crippen LogP contribution in [0, 0.1) is 0 Å². The Morgan fingerprint density at radius 1 is 1.20 bits per heavy atom. The fraction of sp³-hybridized carbons (Fsp3) is 0.375. The van der Waals surface area contributed by atoms with Gasteiger partial charge in [0, 0.05) is 44.4 Å². The topological polar surface area (TPSA) is 98.0 Å². The zero-order chi connectivity index (χ0) is 17.2. The van der Waals surface area contributed by atoms with Crippen molar-refractivity contribution >= 4 is 33.3 Å². The molecule has 3 aromatic rings. The smallest absolute Gasteiger partial charge is 0.340 e. The van der Waals surface area contributed by atoms with Gasteiger partial charge in [0.25, 0.3) is 0 Å². The van der Waals surface area contributed by atoms with Crippen LogP contribution in [-0.2, 0) is 11.2 Å². The Morgan fingerprint density at radius 3 is 2.76 bits per heavy atom. The molecule has 130 valence electrons. The highest BCUT2D eigenvalue weighted by Gasteiger charge is 2.23. The fourth-order valence-corrected chi connectivity index (χ4v) is 3.87. The zero-order valence-electron chi connectivity index (χ0n) is 13.6. The second-order valence-corrected chi connectivity index (χ2v) is 6.80. The Balaban J connectivity index is 1.34. The molecule has 9 heteroatoms. The van der Waals surface area contributed by atoms with Crippen LogP contribution in [-0.4, -0.2) is 56.5 Å². The van der Waals surface area contributed by atoms with Crippen molar-refractivity contribution < 1.29 is 4.79 Å². The number of rotatable bonds is 4. The van der Waals surface area contributed by atoms with Crippen molar-refractivity contribution in [3.05, 3.63) is 40.6 Å². The Morgan fingerprint density at radius 2 is 2.00 bits per heavy atom. The second-order valence-electron chi connectivity index (χ2n) is 5.99. The van der Waals surface area contributed by atoms with E-state index in [1.165, 1.54) is 21.6 Å². The number of hydrogen-bond acceptors (Lipinski definition) is 6. The van der Waals surface area contributed by atoms with Crippen molar-refractivity contribution in [1.82, 2.24) is 24.5 Å². The van der Waals surface area contributed by atoms with Gasteiger partial charge in [-0.1, -0.05) is 12.1 Å². The first kappa shape index (κ1) is 15.8. The van der Waals surface area contributed by atoms with Crippen molar-refractivity contribution in [2.24, 2.45) is 0 Å². The predicted octanol–water partition coefficient (Wildman–Crippen LogP) is 0.989. The van der Waals surface area contributed by atoms with E-state index in [1.54, 1.807) is 0 Å². The second kappa shape index (κ2) is 6.67. The van der Waals surface area contributed by atoms with Crippen LogP contribution in [0.25, 0.3) is 10.1 Å². The summed E-state index contributed by atoms with van der Waals surface area (Å²) in [6.07, 6.45) is 0.787. The van der Waals surface area contributed by atoms with Crippen LogP contribution in [0.2, 0.25) is 0 Å². The van der Waals surface area contributed by atoms with Crippen molar-refractivity contribution in [3.8, 4) is 0 Å². The molecular weight excluding hydrogens is 340 g/mol. The van der Waals surface area contributed by atoms with E-state index in [0.29, 0.717) is 31.8 Å². The first-order valence-electron chi connectivity index (χ1n) is 8.21. The Labute approximate surface area is 147 Å². The molecule has 4 rings (SSSR count). The molecule has 1 aliphatic rings. The van der Waals surface area contributed by atoms with E-state index in [0.717, 1.165) is 18.9 Å². The molecule has 1 aliphatic heterocycles. The molecule has 0 spiro atoms. The molecule has 0 saturated carbocycles. The molecule has 1 saturated heterocycles. The maximum absolute atomic E-state index is 12.3. The minimum Gasteiger partial charge on any atom is -0.352 e. The first-order valence-corrected chi connectivity index (χ1v) is 8.99. The van der Waals surface area contributed by atoms with Gasteiger partial charge < -0.3 is 9.80 Å². The highest BCUT2D eigenvalue weighted by molar-refractivity contribution is 7.13. The van der Waals surface area contributed by atoms with Gasteiger partial charge in [-0.15, -0.1) is 0 Å². The van der Waals surface area contributed by atoms with Gasteiger partial charge in [-0.25, -0.2) is 9.89 Å². The lowest BCUT2D eigenvalue weighted by Gasteiger charge is -2.35. The summed E-state index contributed by atoms with van der Waals surface area (Å²) in [6.45, 7) is 2.92. The van der Waals surface area contributed by atoms with Crippen LogP contribution < -0.4 is 10.6 Å². The molecule has 1 aromatic carbocycles. The predicted molar refractivity (Wildman–Crippen MR) is 95.9 cm³/mol. The molecule has 0 bridgehead atoms. The summed E-state index contributed by atoms with van der Waals surface area (Å²) in [5.74, 6) is 1.62. The molecule has 3 heterocycles.